The fourth-order valence-corrected chi connectivity index (χ4v) is 4.37. The normalized spacial score (nSPS) is 13.5. The molecule has 0 bridgehead atoms. The Balaban J connectivity index is 1.53. The predicted octanol–water partition coefficient (Wildman–Crippen LogP) is 2.78. The Morgan fingerprint density at radius 3 is 2.18 bits per heavy atom. The lowest BCUT2D eigenvalue weighted by Crippen LogP contribution is -2.39. The largest absolute Gasteiger partial charge is 0.497 e. The van der Waals surface area contributed by atoms with Crippen molar-refractivity contribution in [3.63, 3.8) is 0 Å². The lowest BCUT2D eigenvalue weighted by atomic mass is 10.1. The van der Waals surface area contributed by atoms with Gasteiger partial charge in [0.05, 0.1) is 20.2 Å². The van der Waals surface area contributed by atoms with E-state index in [1.165, 1.54) is 0 Å². The molecule has 1 aliphatic heterocycles. The zero-order valence-corrected chi connectivity index (χ0v) is 19.8. The van der Waals surface area contributed by atoms with Crippen molar-refractivity contribution in [2.75, 3.05) is 62.0 Å². The van der Waals surface area contributed by atoms with E-state index in [2.05, 4.69) is 10.6 Å². The van der Waals surface area contributed by atoms with Crippen LogP contribution in [0, 0.1) is 0 Å². The van der Waals surface area contributed by atoms with E-state index in [1.54, 1.807) is 60.5 Å². The van der Waals surface area contributed by atoms with Crippen LogP contribution in [0.3, 0.4) is 0 Å². The summed E-state index contributed by atoms with van der Waals surface area (Å²) in [5, 5.41) is 5.66. The Morgan fingerprint density at radius 2 is 1.58 bits per heavy atom. The first-order valence-electron chi connectivity index (χ1n) is 10.9. The molecule has 0 unspecified atom stereocenters. The van der Waals surface area contributed by atoms with E-state index >= 15 is 0 Å². The summed E-state index contributed by atoms with van der Waals surface area (Å²) >= 11 is 1.85. The molecule has 176 valence electrons. The van der Waals surface area contributed by atoms with Gasteiger partial charge in [0.2, 0.25) is 11.8 Å². The SMILES string of the molecule is CCN(CC(=O)Nc1cccc(OC)c1)CC(=O)Nc1cccc(C(=O)N2CCSCC2)c1. The van der Waals surface area contributed by atoms with Gasteiger partial charge >= 0.3 is 0 Å². The van der Waals surface area contributed by atoms with E-state index in [-0.39, 0.29) is 30.8 Å². The molecule has 1 saturated heterocycles. The molecule has 1 aliphatic rings. The van der Waals surface area contributed by atoms with E-state index in [0.29, 0.717) is 29.2 Å². The van der Waals surface area contributed by atoms with Gasteiger partial charge in [-0.3, -0.25) is 19.3 Å². The van der Waals surface area contributed by atoms with E-state index in [4.69, 9.17) is 4.74 Å². The number of likely N-dealkylation sites (N-methyl/N-ethyl adjacent to an activating group) is 1. The van der Waals surface area contributed by atoms with Crippen LogP contribution in [0.15, 0.2) is 48.5 Å². The van der Waals surface area contributed by atoms with Gasteiger partial charge in [-0.2, -0.15) is 11.8 Å². The summed E-state index contributed by atoms with van der Waals surface area (Å²) < 4.78 is 5.17. The molecule has 2 aromatic carbocycles. The Kier molecular flexibility index (Phi) is 9.14. The van der Waals surface area contributed by atoms with Crippen LogP contribution in [0.5, 0.6) is 5.75 Å². The number of thioether (sulfide) groups is 1. The minimum absolute atomic E-state index is 0.0178. The molecule has 0 spiro atoms. The molecular weight excluding hydrogens is 440 g/mol. The van der Waals surface area contributed by atoms with Crippen LogP contribution < -0.4 is 15.4 Å². The fourth-order valence-electron chi connectivity index (χ4n) is 3.47. The molecule has 3 amide bonds. The summed E-state index contributed by atoms with van der Waals surface area (Å²) in [6.45, 7) is 4.04. The summed E-state index contributed by atoms with van der Waals surface area (Å²) in [5.41, 5.74) is 1.76. The van der Waals surface area contributed by atoms with E-state index in [0.717, 1.165) is 24.6 Å². The number of amides is 3. The number of nitrogens with one attached hydrogen (secondary N) is 2. The quantitative estimate of drug-likeness (QED) is 0.586. The van der Waals surface area contributed by atoms with Crippen LogP contribution in [0.2, 0.25) is 0 Å². The Morgan fingerprint density at radius 1 is 0.970 bits per heavy atom. The molecule has 0 atom stereocenters. The van der Waals surface area contributed by atoms with Gasteiger partial charge in [0.25, 0.3) is 5.91 Å². The van der Waals surface area contributed by atoms with Gasteiger partial charge in [-0.05, 0) is 36.9 Å². The van der Waals surface area contributed by atoms with Crippen LogP contribution >= 0.6 is 11.8 Å². The topological polar surface area (TPSA) is 91.0 Å². The average Bonchev–Trinajstić information content (AvgIpc) is 2.83. The summed E-state index contributed by atoms with van der Waals surface area (Å²) in [6.07, 6.45) is 0. The van der Waals surface area contributed by atoms with Gasteiger partial charge in [-0.25, -0.2) is 0 Å². The van der Waals surface area contributed by atoms with Crippen molar-refractivity contribution in [1.82, 2.24) is 9.80 Å². The Bertz CT molecular complexity index is 978. The van der Waals surface area contributed by atoms with Crippen molar-refractivity contribution in [3.8, 4) is 5.75 Å². The van der Waals surface area contributed by atoms with Crippen molar-refractivity contribution in [2.24, 2.45) is 0 Å². The second-order valence-electron chi connectivity index (χ2n) is 7.62. The first kappa shape index (κ1) is 24.6. The first-order chi connectivity index (χ1) is 16.0. The lowest BCUT2D eigenvalue weighted by molar-refractivity contribution is -0.119. The minimum atomic E-state index is -0.245. The third-order valence-corrected chi connectivity index (χ3v) is 6.17. The molecule has 33 heavy (non-hydrogen) atoms. The molecule has 0 aromatic heterocycles. The standard InChI is InChI=1S/C24H30N4O4S/c1-3-27(17-23(30)26-20-8-5-9-21(15-20)32-2)16-22(29)25-19-7-4-6-18(14-19)24(31)28-10-12-33-13-11-28/h4-9,14-15H,3,10-13,16-17H2,1-2H3,(H,25,29)(H,26,30). The number of rotatable bonds is 9. The zero-order valence-electron chi connectivity index (χ0n) is 19.0. The Hall–Kier alpha value is -3.04. The summed E-state index contributed by atoms with van der Waals surface area (Å²) in [7, 11) is 1.57. The van der Waals surface area contributed by atoms with Gasteiger partial charge in [-0.1, -0.05) is 19.1 Å². The van der Waals surface area contributed by atoms with Gasteiger partial charge in [0.15, 0.2) is 0 Å². The van der Waals surface area contributed by atoms with Crippen molar-refractivity contribution in [1.29, 1.82) is 0 Å². The molecule has 9 heteroatoms. The predicted molar refractivity (Wildman–Crippen MR) is 132 cm³/mol. The molecular formula is C24H30N4O4S. The summed E-state index contributed by atoms with van der Waals surface area (Å²) in [6, 6.07) is 14.1. The highest BCUT2D eigenvalue weighted by molar-refractivity contribution is 7.99. The van der Waals surface area contributed by atoms with E-state index < -0.39 is 0 Å². The molecule has 2 N–H and O–H groups in total. The monoisotopic (exact) mass is 470 g/mol. The van der Waals surface area contributed by atoms with Crippen LogP contribution in [0.25, 0.3) is 0 Å². The smallest absolute Gasteiger partial charge is 0.253 e. The number of anilines is 2. The second kappa shape index (κ2) is 12.3. The number of nitrogens with zero attached hydrogens (tertiary/aromatic N) is 2. The van der Waals surface area contributed by atoms with Crippen LogP contribution in [-0.4, -0.2) is 78.9 Å². The first-order valence-corrected chi connectivity index (χ1v) is 12.1. The van der Waals surface area contributed by atoms with Gasteiger partial charge < -0.3 is 20.3 Å². The maximum Gasteiger partial charge on any atom is 0.253 e. The molecule has 0 saturated carbocycles. The molecule has 3 rings (SSSR count). The average molecular weight is 471 g/mol. The van der Waals surface area contributed by atoms with Crippen molar-refractivity contribution in [2.45, 2.75) is 6.92 Å². The number of carbonyl (C=O) groups is 3. The van der Waals surface area contributed by atoms with Crippen LogP contribution in [0.4, 0.5) is 11.4 Å². The summed E-state index contributed by atoms with van der Waals surface area (Å²) in [5.74, 6) is 2.06. The van der Waals surface area contributed by atoms with Gasteiger partial charge in [0, 0.05) is 47.6 Å². The minimum Gasteiger partial charge on any atom is -0.497 e. The lowest BCUT2D eigenvalue weighted by Gasteiger charge is -2.26. The molecule has 8 nitrogen and oxygen atoms in total. The van der Waals surface area contributed by atoms with Crippen LogP contribution in [0.1, 0.15) is 17.3 Å². The van der Waals surface area contributed by atoms with Crippen molar-refractivity contribution in [3.05, 3.63) is 54.1 Å². The number of methoxy groups -OCH3 is 1. The highest BCUT2D eigenvalue weighted by Crippen LogP contribution is 2.17. The molecule has 1 fully saturated rings. The maximum absolute atomic E-state index is 12.7. The molecule has 0 aliphatic carbocycles. The molecule has 1 heterocycles. The molecule has 2 aromatic rings. The molecule has 0 radical (unpaired) electrons. The van der Waals surface area contributed by atoms with Gasteiger partial charge in [-0.15, -0.1) is 0 Å². The number of carbonyl (C=O) groups excluding carboxylic acids is 3. The van der Waals surface area contributed by atoms with E-state index in [1.807, 2.05) is 23.6 Å². The fraction of sp³-hybridized carbons (Fsp3) is 0.375. The van der Waals surface area contributed by atoms with Gasteiger partial charge in [0.1, 0.15) is 5.75 Å². The second-order valence-corrected chi connectivity index (χ2v) is 8.84. The van der Waals surface area contributed by atoms with Crippen molar-refractivity contribution >= 4 is 40.9 Å². The third-order valence-electron chi connectivity index (χ3n) is 5.23. The number of ether oxygens (including phenoxy) is 1. The zero-order chi connectivity index (χ0) is 23.6. The number of hydrogen-bond acceptors (Lipinski definition) is 6. The van der Waals surface area contributed by atoms with E-state index in [9.17, 15) is 14.4 Å². The van der Waals surface area contributed by atoms with Crippen molar-refractivity contribution < 1.29 is 19.1 Å². The number of benzene rings is 2. The highest BCUT2D eigenvalue weighted by atomic mass is 32.2. The third kappa shape index (κ3) is 7.50. The number of hydrogen-bond donors (Lipinski definition) is 2. The van der Waals surface area contributed by atoms with Crippen LogP contribution in [-0.2, 0) is 9.59 Å². The Labute approximate surface area is 198 Å². The summed E-state index contributed by atoms with van der Waals surface area (Å²) in [4.78, 5) is 41.3. The highest BCUT2D eigenvalue weighted by Gasteiger charge is 2.19. The maximum atomic E-state index is 12.7.